The Kier molecular flexibility index (Phi) is 6.51. The molecule has 5 heteroatoms. The SMILES string of the molecule is CCC1CCCCN1c1ccnc(C(=O)NCCc2ccc(Cl)cc2)c1. The number of rotatable bonds is 6. The van der Waals surface area contributed by atoms with E-state index in [9.17, 15) is 4.79 Å². The molecule has 1 N–H and O–H groups in total. The maximum atomic E-state index is 12.5. The van der Waals surface area contributed by atoms with Crippen LogP contribution in [-0.2, 0) is 6.42 Å². The first-order chi connectivity index (χ1) is 12.7. The van der Waals surface area contributed by atoms with Crippen molar-refractivity contribution in [1.29, 1.82) is 0 Å². The number of halogens is 1. The van der Waals surface area contributed by atoms with Crippen LogP contribution in [0.3, 0.4) is 0 Å². The number of carbonyl (C=O) groups is 1. The lowest BCUT2D eigenvalue weighted by Crippen LogP contribution is -2.39. The first-order valence-electron chi connectivity index (χ1n) is 9.42. The predicted octanol–water partition coefficient (Wildman–Crippen LogP) is 4.48. The van der Waals surface area contributed by atoms with E-state index in [1.54, 1.807) is 6.20 Å². The molecule has 1 aromatic heterocycles. The molecule has 0 radical (unpaired) electrons. The number of aromatic nitrogens is 1. The van der Waals surface area contributed by atoms with Crippen LogP contribution in [0.25, 0.3) is 0 Å². The molecule has 1 atom stereocenters. The highest BCUT2D eigenvalue weighted by atomic mass is 35.5. The molecule has 1 aliphatic heterocycles. The number of pyridine rings is 1. The molecular weight excluding hydrogens is 346 g/mol. The third kappa shape index (κ3) is 4.76. The Hall–Kier alpha value is -2.07. The van der Waals surface area contributed by atoms with Gasteiger partial charge in [0, 0.05) is 36.0 Å². The predicted molar refractivity (Wildman–Crippen MR) is 107 cm³/mol. The summed E-state index contributed by atoms with van der Waals surface area (Å²) in [4.78, 5) is 19.2. The van der Waals surface area contributed by atoms with Gasteiger partial charge in [-0.05, 0) is 61.9 Å². The van der Waals surface area contributed by atoms with Gasteiger partial charge in [-0.2, -0.15) is 0 Å². The summed E-state index contributed by atoms with van der Waals surface area (Å²) in [6.07, 6.45) is 7.36. The van der Waals surface area contributed by atoms with Crippen molar-refractivity contribution in [3.8, 4) is 0 Å². The van der Waals surface area contributed by atoms with Crippen molar-refractivity contribution >= 4 is 23.2 Å². The average Bonchev–Trinajstić information content (AvgIpc) is 2.69. The van der Waals surface area contributed by atoms with Gasteiger partial charge in [0.1, 0.15) is 5.69 Å². The van der Waals surface area contributed by atoms with Crippen LogP contribution in [0.5, 0.6) is 0 Å². The maximum absolute atomic E-state index is 12.5. The Morgan fingerprint density at radius 2 is 2.08 bits per heavy atom. The van der Waals surface area contributed by atoms with E-state index < -0.39 is 0 Å². The quantitative estimate of drug-likeness (QED) is 0.814. The van der Waals surface area contributed by atoms with Crippen LogP contribution >= 0.6 is 11.6 Å². The van der Waals surface area contributed by atoms with Gasteiger partial charge in [0.15, 0.2) is 0 Å². The molecule has 0 spiro atoms. The standard InChI is InChI=1S/C21H26ClN3O/c1-2-18-5-3-4-14-25(18)19-11-13-23-20(15-19)21(26)24-12-10-16-6-8-17(22)9-7-16/h6-9,11,13,15,18H,2-5,10,12,14H2,1H3,(H,24,26). The number of anilines is 1. The second kappa shape index (κ2) is 9.04. The zero-order valence-electron chi connectivity index (χ0n) is 15.2. The van der Waals surface area contributed by atoms with Gasteiger partial charge in [-0.1, -0.05) is 30.7 Å². The monoisotopic (exact) mass is 371 g/mol. The molecule has 138 valence electrons. The third-order valence-corrected chi connectivity index (χ3v) is 5.27. The summed E-state index contributed by atoms with van der Waals surface area (Å²) in [5, 5.41) is 3.69. The molecule has 1 aromatic carbocycles. The highest BCUT2D eigenvalue weighted by Gasteiger charge is 2.22. The van der Waals surface area contributed by atoms with Crippen LogP contribution < -0.4 is 10.2 Å². The summed E-state index contributed by atoms with van der Waals surface area (Å²) in [5.41, 5.74) is 2.74. The van der Waals surface area contributed by atoms with E-state index in [1.807, 2.05) is 36.4 Å². The molecule has 1 aliphatic rings. The third-order valence-electron chi connectivity index (χ3n) is 5.02. The Morgan fingerprint density at radius 1 is 1.27 bits per heavy atom. The summed E-state index contributed by atoms with van der Waals surface area (Å²) in [6.45, 7) is 3.86. The maximum Gasteiger partial charge on any atom is 0.269 e. The molecular formula is C21H26ClN3O. The molecule has 0 saturated carbocycles. The zero-order chi connectivity index (χ0) is 18.4. The summed E-state index contributed by atoms with van der Waals surface area (Å²) < 4.78 is 0. The van der Waals surface area contributed by atoms with E-state index >= 15 is 0 Å². The number of nitrogens with zero attached hydrogens (tertiary/aromatic N) is 2. The molecule has 1 saturated heterocycles. The topological polar surface area (TPSA) is 45.2 Å². The van der Waals surface area contributed by atoms with E-state index in [0.717, 1.165) is 35.7 Å². The van der Waals surface area contributed by atoms with Crippen LogP contribution in [0.15, 0.2) is 42.6 Å². The largest absolute Gasteiger partial charge is 0.368 e. The summed E-state index contributed by atoms with van der Waals surface area (Å²) >= 11 is 5.89. The fraction of sp³-hybridized carbons (Fsp3) is 0.429. The summed E-state index contributed by atoms with van der Waals surface area (Å²) in [6, 6.07) is 12.2. The van der Waals surface area contributed by atoms with Crippen LogP contribution in [-0.4, -0.2) is 30.0 Å². The van der Waals surface area contributed by atoms with Gasteiger partial charge < -0.3 is 10.2 Å². The van der Waals surface area contributed by atoms with Gasteiger partial charge >= 0.3 is 0 Å². The smallest absolute Gasteiger partial charge is 0.269 e. The van der Waals surface area contributed by atoms with Gasteiger partial charge in [0.2, 0.25) is 0 Å². The summed E-state index contributed by atoms with van der Waals surface area (Å²) in [5.74, 6) is -0.120. The van der Waals surface area contributed by atoms with Crippen molar-refractivity contribution in [2.45, 2.75) is 45.1 Å². The lowest BCUT2D eigenvalue weighted by atomic mass is 9.99. The molecule has 1 unspecified atom stereocenters. The van der Waals surface area contributed by atoms with Crippen molar-refractivity contribution in [2.75, 3.05) is 18.0 Å². The van der Waals surface area contributed by atoms with Crippen LogP contribution in [0.1, 0.15) is 48.7 Å². The summed E-state index contributed by atoms with van der Waals surface area (Å²) in [7, 11) is 0. The second-order valence-electron chi connectivity index (χ2n) is 6.78. The van der Waals surface area contributed by atoms with E-state index in [4.69, 9.17) is 11.6 Å². The van der Waals surface area contributed by atoms with Crippen molar-refractivity contribution in [1.82, 2.24) is 10.3 Å². The molecule has 3 rings (SSSR count). The molecule has 2 heterocycles. The van der Waals surface area contributed by atoms with Crippen LogP contribution in [0.4, 0.5) is 5.69 Å². The number of hydrogen-bond acceptors (Lipinski definition) is 3. The Morgan fingerprint density at radius 3 is 2.85 bits per heavy atom. The van der Waals surface area contributed by atoms with Gasteiger partial charge in [-0.15, -0.1) is 0 Å². The van der Waals surface area contributed by atoms with E-state index in [0.29, 0.717) is 18.3 Å². The molecule has 2 aromatic rings. The Bertz CT molecular complexity index is 732. The molecule has 0 aliphatic carbocycles. The highest BCUT2D eigenvalue weighted by molar-refractivity contribution is 6.30. The number of piperidine rings is 1. The van der Waals surface area contributed by atoms with Gasteiger partial charge in [-0.3, -0.25) is 9.78 Å². The van der Waals surface area contributed by atoms with Crippen molar-refractivity contribution in [2.24, 2.45) is 0 Å². The Labute approximate surface area is 160 Å². The average molecular weight is 372 g/mol. The van der Waals surface area contributed by atoms with Gasteiger partial charge in [0.05, 0.1) is 0 Å². The van der Waals surface area contributed by atoms with Crippen LogP contribution in [0, 0.1) is 0 Å². The number of nitrogens with one attached hydrogen (secondary N) is 1. The van der Waals surface area contributed by atoms with Crippen molar-refractivity contribution in [3.05, 3.63) is 58.9 Å². The highest BCUT2D eigenvalue weighted by Crippen LogP contribution is 2.26. The first kappa shape index (κ1) is 18.7. The Balaban J connectivity index is 1.60. The van der Waals surface area contributed by atoms with Gasteiger partial charge in [0.25, 0.3) is 5.91 Å². The lowest BCUT2D eigenvalue weighted by Gasteiger charge is -2.37. The number of amides is 1. The number of carbonyl (C=O) groups excluding carboxylic acids is 1. The van der Waals surface area contributed by atoms with Crippen LogP contribution in [0.2, 0.25) is 5.02 Å². The minimum atomic E-state index is -0.120. The molecule has 1 amide bonds. The van der Waals surface area contributed by atoms with E-state index in [2.05, 4.69) is 22.1 Å². The van der Waals surface area contributed by atoms with Crippen molar-refractivity contribution < 1.29 is 4.79 Å². The fourth-order valence-corrected chi connectivity index (χ4v) is 3.68. The molecule has 1 fully saturated rings. The van der Waals surface area contributed by atoms with E-state index in [-0.39, 0.29) is 5.91 Å². The molecule has 0 bridgehead atoms. The van der Waals surface area contributed by atoms with E-state index in [1.165, 1.54) is 19.3 Å². The van der Waals surface area contributed by atoms with Crippen molar-refractivity contribution in [3.63, 3.8) is 0 Å². The lowest BCUT2D eigenvalue weighted by molar-refractivity contribution is 0.0949. The minimum Gasteiger partial charge on any atom is -0.368 e. The second-order valence-corrected chi connectivity index (χ2v) is 7.22. The first-order valence-corrected chi connectivity index (χ1v) is 9.80. The van der Waals surface area contributed by atoms with Gasteiger partial charge in [-0.25, -0.2) is 0 Å². The fourth-order valence-electron chi connectivity index (χ4n) is 3.55. The normalized spacial score (nSPS) is 17.2. The number of benzene rings is 1. The molecule has 4 nitrogen and oxygen atoms in total. The number of hydrogen-bond donors (Lipinski definition) is 1. The molecule has 26 heavy (non-hydrogen) atoms. The zero-order valence-corrected chi connectivity index (χ0v) is 16.0. The minimum absolute atomic E-state index is 0.120.